The molecule has 25 heavy (non-hydrogen) atoms. The molecule has 2 rings (SSSR count). The third kappa shape index (κ3) is 5.33. The predicted octanol–water partition coefficient (Wildman–Crippen LogP) is 3.21. The maximum atomic E-state index is 10.5. The number of hydrogen-bond donors (Lipinski definition) is 2. The maximum Gasteiger partial charge on any atom is 0.175 e. The predicted molar refractivity (Wildman–Crippen MR) is 103 cm³/mol. The van der Waals surface area contributed by atoms with Gasteiger partial charge in [0, 0.05) is 5.56 Å². The number of quaternary nitrogens is 1. The minimum Gasteiger partial charge on any atom is -0.493 e. The fraction of sp³-hybridized carbons (Fsp3) is 0.300. The highest BCUT2D eigenvalue weighted by Crippen LogP contribution is 2.36. The molecule has 0 saturated heterocycles. The molecule has 2 aromatic rings. The van der Waals surface area contributed by atoms with Crippen molar-refractivity contribution >= 4 is 15.9 Å². The Morgan fingerprint density at radius 1 is 1.28 bits per heavy atom. The highest BCUT2D eigenvalue weighted by Gasteiger charge is 2.19. The van der Waals surface area contributed by atoms with Gasteiger partial charge in [-0.3, -0.25) is 0 Å². The van der Waals surface area contributed by atoms with Crippen LogP contribution in [0.1, 0.15) is 24.2 Å². The summed E-state index contributed by atoms with van der Waals surface area (Å²) in [7, 11) is 1.62. The summed E-state index contributed by atoms with van der Waals surface area (Å²) in [6.45, 7) is 6.82. The molecule has 2 atom stereocenters. The van der Waals surface area contributed by atoms with Crippen LogP contribution >= 0.6 is 15.9 Å². The quantitative estimate of drug-likeness (QED) is 0.628. The number of aliphatic hydroxyl groups is 1. The number of halogens is 1. The lowest BCUT2D eigenvalue weighted by Crippen LogP contribution is -2.88. The Morgan fingerprint density at radius 3 is 2.64 bits per heavy atom. The summed E-state index contributed by atoms with van der Waals surface area (Å²) in [5.74, 6) is 1.35. The zero-order valence-corrected chi connectivity index (χ0v) is 16.2. The van der Waals surface area contributed by atoms with Crippen molar-refractivity contribution in [2.24, 2.45) is 0 Å². The molecule has 0 aliphatic carbocycles. The lowest BCUT2D eigenvalue weighted by molar-refractivity contribution is -0.709. The first kappa shape index (κ1) is 19.5. The summed E-state index contributed by atoms with van der Waals surface area (Å²) in [5.41, 5.74) is 2.01. The van der Waals surface area contributed by atoms with Gasteiger partial charge in [0.25, 0.3) is 0 Å². The van der Waals surface area contributed by atoms with E-state index in [0.29, 0.717) is 18.1 Å². The summed E-state index contributed by atoms with van der Waals surface area (Å²) in [4.78, 5) is 0. The first-order valence-electron chi connectivity index (χ1n) is 8.23. The number of rotatable bonds is 9. The average Bonchev–Trinajstić information content (AvgIpc) is 2.64. The SMILES string of the molecule is C=CCOc1c(Br)cc(C[NH2+][C@H](C)[C@@H](O)c2ccccc2)cc1OC. The minimum absolute atomic E-state index is 0.0314. The van der Waals surface area contributed by atoms with Gasteiger partial charge in [0.15, 0.2) is 11.5 Å². The summed E-state index contributed by atoms with van der Waals surface area (Å²) in [6, 6.07) is 13.7. The van der Waals surface area contributed by atoms with Crippen LogP contribution in [0.4, 0.5) is 0 Å². The Morgan fingerprint density at radius 2 is 2.00 bits per heavy atom. The van der Waals surface area contributed by atoms with Crippen LogP contribution in [0.2, 0.25) is 0 Å². The third-order valence-electron chi connectivity index (χ3n) is 4.00. The molecular weight excluding hydrogens is 382 g/mol. The summed E-state index contributed by atoms with van der Waals surface area (Å²) in [6.07, 6.45) is 1.18. The first-order chi connectivity index (χ1) is 12.1. The second-order valence-corrected chi connectivity index (χ2v) is 6.72. The standard InChI is InChI=1S/C20H24BrNO3/c1-4-10-25-20-17(21)11-15(12-18(20)24-3)13-22-14(2)19(23)16-8-6-5-7-9-16/h4-9,11-12,14,19,22-23H,1,10,13H2,2-3H3/p+1/t14-,19-/m1/s1. The fourth-order valence-electron chi connectivity index (χ4n) is 2.58. The summed E-state index contributed by atoms with van der Waals surface area (Å²) >= 11 is 3.54. The van der Waals surface area contributed by atoms with E-state index in [9.17, 15) is 5.11 Å². The molecule has 2 aromatic carbocycles. The van der Waals surface area contributed by atoms with Gasteiger partial charge in [-0.05, 0) is 40.5 Å². The van der Waals surface area contributed by atoms with Crippen LogP contribution in [0.5, 0.6) is 11.5 Å². The van der Waals surface area contributed by atoms with E-state index < -0.39 is 6.10 Å². The fourth-order valence-corrected chi connectivity index (χ4v) is 3.18. The van der Waals surface area contributed by atoms with E-state index in [1.165, 1.54) is 0 Å². The summed E-state index contributed by atoms with van der Waals surface area (Å²) in [5, 5.41) is 12.6. The van der Waals surface area contributed by atoms with Gasteiger partial charge < -0.3 is 19.9 Å². The van der Waals surface area contributed by atoms with Gasteiger partial charge in [-0.25, -0.2) is 0 Å². The van der Waals surface area contributed by atoms with Crippen molar-refractivity contribution in [3.63, 3.8) is 0 Å². The number of benzene rings is 2. The summed E-state index contributed by atoms with van der Waals surface area (Å²) < 4.78 is 11.9. The van der Waals surface area contributed by atoms with E-state index >= 15 is 0 Å². The largest absolute Gasteiger partial charge is 0.493 e. The third-order valence-corrected chi connectivity index (χ3v) is 4.59. The molecule has 134 valence electrons. The number of nitrogens with two attached hydrogens (primary N) is 1. The first-order valence-corrected chi connectivity index (χ1v) is 9.02. The van der Waals surface area contributed by atoms with Gasteiger partial charge in [-0.15, -0.1) is 0 Å². The molecule has 0 bridgehead atoms. The molecular formula is C20H25BrNO3+. The van der Waals surface area contributed by atoms with Gasteiger partial charge in [-0.2, -0.15) is 0 Å². The van der Waals surface area contributed by atoms with Crippen LogP contribution in [-0.2, 0) is 6.54 Å². The van der Waals surface area contributed by atoms with Crippen molar-refractivity contribution < 1.29 is 19.9 Å². The molecule has 0 aromatic heterocycles. The molecule has 0 unspecified atom stereocenters. The van der Waals surface area contributed by atoms with Crippen molar-refractivity contribution in [3.8, 4) is 11.5 Å². The molecule has 0 radical (unpaired) electrons. The molecule has 0 aliphatic rings. The van der Waals surface area contributed by atoms with E-state index in [4.69, 9.17) is 9.47 Å². The molecule has 0 aliphatic heterocycles. The van der Waals surface area contributed by atoms with Crippen molar-refractivity contribution in [2.75, 3.05) is 13.7 Å². The van der Waals surface area contributed by atoms with Crippen molar-refractivity contribution in [1.29, 1.82) is 0 Å². The molecule has 0 heterocycles. The number of methoxy groups -OCH3 is 1. The Labute approximate surface area is 157 Å². The molecule has 5 heteroatoms. The molecule has 0 fully saturated rings. The Hall–Kier alpha value is -1.82. The van der Waals surface area contributed by atoms with E-state index in [-0.39, 0.29) is 6.04 Å². The molecule has 0 saturated carbocycles. The van der Waals surface area contributed by atoms with E-state index in [1.807, 2.05) is 49.4 Å². The van der Waals surface area contributed by atoms with Crippen molar-refractivity contribution in [2.45, 2.75) is 25.6 Å². The lowest BCUT2D eigenvalue weighted by Gasteiger charge is -2.18. The van der Waals surface area contributed by atoms with Gasteiger partial charge in [0.05, 0.1) is 11.6 Å². The Bertz CT molecular complexity index is 691. The van der Waals surface area contributed by atoms with Crippen LogP contribution in [0, 0.1) is 0 Å². The number of ether oxygens (including phenoxy) is 2. The smallest absolute Gasteiger partial charge is 0.175 e. The van der Waals surface area contributed by atoms with Gasteiger partial charge >= 0.3 is 0 Å². The minimum atomic E-state index is -0.512. The molecule has 0 spiro atoms. The van der Waals surface area contributed by atoms with Gasteiger partial charge in [-0.1, -0.05) is 43.0 Å². The van der Waals surface area contributed by atoms with Crippen molar-refractivity contribution in [3.05, 3.63) is 70.7 Å². The average molecular weight is 407 g/mol. The maximum absolute atomic E-state index is 10.5. The van der Waals surface area contributed by atoms with E-state index in [0.717, 1.165) is 22.1 Å². The van der Waals surface area contributed by atoms with Crippen LogP contribution in [-0.4, -0.2) is 24.9 Å². The van der Waals surface area contributed by atoms with E-state index in [1.54, 1.807) is 13.2 Å². The zero-order valence-electron chi connectivity index (χ0n) is 14.6. The van der Waals surface area contributed by atoms with Crippen LogP contribution in [0.25, 0.3) is 0 Å². The highest BCUT2D eigenvalue weighted by atomic mass is 79.9. The van der Waals surface area contributed by atoms with Gasteiger partial charge in [0.2, 0.25) is 0 Å². The second-order valence-electron chi connectivity index (χ2n) is 5.86. The normalized spacial score (nSPS) is 13.1. The number of aliphatic hydroxyl groups excluding tert-OH is 1. The second kappa shape index (κ2) is 9.61. The number of hydrogen-bond acceptors (Lipinski definition) is 3. The Kier molecular flexibility index (Phi) is 7.50. The highest BCUT2D eigenvalue weighted by molar-refractivity contribution is 9.10. The van der Waals surface area contributed by atoms with E-state index in [2.05, 4.69) is 27.8 Å². The lowest BCUT2D eigenvalue weighted by atomic mass is 10.0. The van der Waals surface area contributed by atoms with Crippen molar-refractivity contribution in [1.82, 2.24) is 0 Å². The van der Waals surface area contributed by atoms with Gasteiger partial charge in [0.1, 0.15) is 25.3 Å². The molecule has 4 nitrogen and oxygen atoms in total. The molecule has 0 amide bonds. The molecule has 3 N–H and O–H groups in total. The zero-order chi connectivity index (χ0) is 18.2. The van der Waals surface area contributed by atoms with Crippen LogP contribution in [0.15, 0.2) is 59.6 Å². The Balaban J connectivity index is 2.05. The van der Waals surface area contributed by atoms with Crippen LogP contribution < -0.4 is 14.8 Å². The monoisotopic (exact) mass is 406 g/mol. The van der Waals surface area contributed by atoms with Crippen LogP contribution in [0.3, 0.4) is 0 Å². The topological polar surface area (TPSA) is 55.3 Å².